The minimum Gasteiger partial charge on any atom is -0.481 e. The largest absolute Gasteiger partial charge is 0.481 e. The zero-order valence-electron chi connectivity index (χ0n) is 31.2. The summed E-state index contributed by atoms with van der Waals surface area (Å²) in [4.78, 5) is 31.0. The van der Waals surface area contributed by atoms with Crippen molar-refractivity contribution in [3.8, 4) is 34.1 Å². The number of aryl methyl sites for hydroxylation is 1. The quantitative estimate of drug-likeness (QED) is 0.151. The van der Waals surface area contributed by atoms with E-state index in [4.69, 9.17) is 47.6 Å². The number of carboxylic acid groups (broad SMARTS) is 1. The van der Waals surface area contributed by atoms with Gasteiger partial charge in [0.2, 0.25) is 11.8 Å². The van der Waals surface area contributed by atoms with Crippen LogP contribution in [0.3, 0.4) is 0 Å². The third-order valence-corrected chi connectivity index (χ3v) is 12.7. The van der Waals surface area contributed by atoms with Crippen LogP contribution in [0.5, 0.6) is 11.8 Å². The van der Waals surface area contributed by atoms with Gasteiger partial charge in [-0.3, -0.25) is 19.6 Å². The summed E-state index contributed by atoms with van der Waals surface area (Å²) >= 11 is 14.1. The molecule has 2 aromatic carbocycles. The van der Waals surface area contributed by atoms with Crippen LogP contribution in [0.25, 0.3) is 33.5 Å². The number of benzene rings is 2. The highest BCUT2D eigenvalue weighted by atomic mass is 35.5. The molecule has 1 spiro atoms. The van der Waals surface area contributed by atoms with Crippen LogP contribution in [0.1, 0.15) is 54.0 Å². The number of carbonyl (C=O) groups is 1. The van der Waals surface area contributed by atoms with Crippen molar-refractivity contribution in [3.63, 3.8) is 0 Å². The van der Waals surface area contributed by atoms with E-state index in [1.165, 1.54) is 17.5 Å². The highest BCUT2D eigenvalue weighted by Gasteiger charge is 2.44. The Kier molecular flexibility index (Phi) is 9.71. The van der Waals surface area contributed by atoms with E-state index >= 15 is 0 Å². The first kappa shape index (κ1) is 36.4. The van der Waals surface area contributed by atoms with Crippen LogP contribution in [-0.2, 0) is 31.4 Å². The number of methoxy groups -OCH3 is 1. The lowest BCUT2D eigenvalue weighted by Gasteiger charge is -2.47. The smallest absolute Gasteiger partial charge is 0.307 e. The molecule has 3 fully saturated rings. The van der Waals surface area contributed by atoms with Gasteiger partial charge in [0.25, 0.3) is 0 Å². The molecule has 2 N–H and O–H groups in total. The normalized spacial score (nSPS) is 20.9. The lowest BCUT2D eigenvalue weighted by atomic mass is 9.79. The van der Waals surface area contributed by atoms with E-state index in [-0.39, 0.29) is 12.0 Å². The number of aliphatic carboxylic acids is 1. The molecule has 5 aromatic rings. The molecule has 3 aromatic heterocycles. The third kappa shape index (κ3) is 6.84. The van der Waals surface area contributed by atoms with Gasteiger partial charge in [-0.1, -0.05) is 59.6 Å². The molecule has 11 nitrogen and oxygen atoms in total. The van der Waals surface area contributed by atoms with Gasteiger partial charge in [-0.15, -0.1) is 0 Å². The average molecular weight is 783 g/mol. The third-order valence-electron chi connectivity index (χ3n) is 12.0. The van der Waals surface area contributed by atoms with Crippen LogP contribution < -0.4 is 14.8 Å². The predicted octanol–water partition coefficient (Wildman–Crippen LogP) is 7.17. The lowest BCUT2D eigenvalue weighted by Crippen LogP contribution is -2.56. The van der Waals surface area contributed by atoms with E-state index < -0.39 is 5.97 Å². The molecule has 6 heterocycles. The Bertz CT molecular complexity index is 2280. The predicted molar refractivity (Wildman–Crippen MR) is 213 cm³/mol. The SMILES string of the molecule is COc1nc(O[C@H]2CCc3c(-c4cccc(-c5cnc6c(CN7CC8(CCNC8)C7)cn(C)c6n5)c4Cl)cccc32)c(Cl)cc1CN1CCC[C@@H](C(=O)O)C1. The summed E-state index contributed by atoms with van der Waals surface area (Å²) in [6, 6.07) is 14.2. The Morgan fingerprint density at radius 3 is 2.62 bits per heavy atom. The summed E-state index contributed by atoms with van der Waals surface area (Å²) in [6.45, 7) is 7.18. The minimum absolute atomic E-state index is 0.257. The molecule has 9 rings (SSSR count). The number of nitrogens with zero attached hydrogens (tertiary/aromatic N) is 6. The van der Waals surface area contributed by atoms with Gasteiger partial charge < -0.3 is 24.5 Å². The van der Waals surface area contributed by atoms with Crippen molar-refractivity contribution >= 4 is 40.3 Å². The minimum atomic E-state index is -0.757. The molecule has 0 bridgehead atoms. The van der Waals surface area contributed by atoms with E-state index in [1.807, 2.05) is 37.5 Å². The number of likely N-dealkylation sites (tertiary alicyclic amines) is 2. The number of aromatic nitrogens is 4. The molecule has 2 atom stereocenters. The first-order valence-electron chi connectivity index (χ1n) is 19.2. The Morgan fingerprint density at radius 2 is 1.82 bits per heavy atom. The van der Waals surface area contributed by atoms with Crippen LogP contribution in [0, 0.1) is 11.3 Å². The van der Waals surface area contributed by atoms with Gasteiger partial charge in [-0.25, -0.2) is 4.98 Å². The molecule has 13 heteroatoms. The molecule has 0 unspecified atom stereocenters. The van der Waals surface area contributed by atoms with E-state index in [9.17, 15) is 9.90 Å². The molecule has 0 amide bonds. The van der Waals surface area contributed by atoms with E-state index in [1.54, 1.807) is 7.11 Å². The van der Waals surface area contributed by atoms with Gasteiger partial charge in [0.05, 0.1) is 29.9 Å². The molecule has 55 heavy (non-hydrogen) atoms. The molecule has 3 saturated heterocycles. The van der Waals surface area contributed by atoms with Crippen LogP contribution in [0.2, 0.25) is 10.0 Å². The summed E-state index contributed by atoms with van der Waals surface area (Å²) < 4.78 is 14.3. The van der Waals surface area contributed by atoms with Crippen molar-refractivity contribution < 1.29 is 19.4 Å². The number of piperidine rings is 1. The average Bonchev–Trinajstić information content (AvgIpc) is 3.91. The van der Waals surface area contributed by atoms with Gasteiger partial charge in [0.1, 0.15) is 16.6 Å². The monoisotopic (exact) mass is 781 g/mol. The molecule has 0 radical (unpaired) electrons. The molecule has 1 aliphatic carbocycles. The summed E-state index contributed by atoms with van der Waals surface area (Å²) in [6.07, 6.45) is 8.09. The van der Waals surface area contributed by atoms with Gasteiger partial charge in [-0.05, 0) is 68.0 Å². The summed E-state index contributed by atoms with van der Waals surface area (Å²) in [5.41, 5.74) is 10.1. The van der Waals surface area contributed by atoms with Crippen LogP contribution in [0.15, 0.2) is 54.9 Å². The highest BCUT2D eigenvalue weighted by Crippen LogP contribution is 2.45. The van der Waals surface area contributed by atoms with Crippen molar-refractivity contribution in [3.05, 3.63) is 87.2 Å². The molecular formula is C42H45Cl2N7O4. The maximum Gasteiger partial charge on any atom is 0.307 e. The van der Waals surface area contributed by atoms with Crippen molar-refractivity contribution in [2.24, 2.45) is 18.4 Å². The second-order valence-electron chi connectivity index (χ2n) is 15.8. The lowest BCUT2D eigenvalue weighted by molar-refractivity contribution is -0.143. The van der Waals surface area contributed by atoms with Gasteiger partial charge in [0.15, 0.2) is 5.65 Å². The fraction of sp³-hybridized carbons (Fsp3) is 0.429. The molecule has 286 valence electrons. The zero-order chi connectivity index (χ0) is 37.8. The van der Waals surface area contributed by atoms with Crippen molar-refractivity contribution in [2.45, 2.75) is 51.3 Å². The van der Waals surface area contributed by atoms with Crippen LogP contribution in [0.4, 0.5) is 0 Å². The number of halogens is 2. The van der Waals surface area contributed by atoms with Crippen LogP contribution >= 0.6 is 23.2 Å². The number of pyridine rings is 1. The summed E-state index contributed by atoms with van der Waals surface area (Å²) in [5, 5.41) is 14.1. The summed E-state index contributed by atoms with van der Waals surface area (Å²) in [5.74, 6) is -0.400. The molecule has 3 aliphatic heterocycles. The number of carboxylic acids is 1. The zero-order valence-corrected chi connectivity index (χ0v) is 32.7. The molecular weight excluding hydrogens is 737 g/mol. The second-order valence-corrected chi connectivity index (χ2v) is 16.6. The topological polar surface area (TPSA) is 118 Å². The van der Waals surface area contributed by atoms with E-state index in [0.29, 0.717) is 46.7 Å². The van der Waals surface area contributed by atoms with Crippen molar-refractivity contribution in [1.29, 1.82) is 0 Å². The fourth-order valence-electron chi connectivity index (χ4n) is 9.35. The van der Waals surface area contributed by atoms with E-state index in [0.717, 1.165) is 103 Å². The number of nitrogens with one attached hydrogen (secondary N) is 1. The Labute approximate surface area is 330 Å². The number of fused-ring (bicyclic) bond motifs is 2. The molecule has 0 saturated carbocycles. The fourth-order valence-corrected chi connectivity index (χ4v) is 9.89. The summed E-state index contributed by atoms with van der Waals surface area (Å²) in [7, 11) is 3.61. The maximum atomic E-state index is 11.6. The molecule has 4 aliphatic rings. The van der Waals surface area contributed by atoms with Crippen molar-refractivity contribution in [1.82, 2.24) is 34.6 Å². The number of hydrogen-bond donors (Lipinski definition) is 2. The Hall–Kier alpha value is -4.26. The van der Waals surface area contributed by atoms with Gasteiger partial charge in [0, 0.05) is 80.2 Å². The number of hydrogen-bond acceptors (Lipinski definition) is 9. The number of rotatable bonds is 10. The Morgan fingerprint density at radius 1 is 1.02 bits per heavy atom. The second kappa shape index (κ2) is 14.7. The van der Waals surface area contributed by atoms with E-state index in [2.05, 4.69) is 44.1 Å². The maximum absolute atomic E-state index is 11.6. The standard InChI is InChI=1S/C42H45Cl2N7O4/c1-49-18-27(21-51-23-42(24-51)13-14-45-22-42)37-38(49)47-34(17-46-37)32-10-4-9-31(36(32)44)28-7-3-8-30-29(28)11-12-35(30)55-40-33(43)16-26(39(48-40)54-2)20-50-15-5-6-25(19-50)41(52)53/h3-4,7-10,16-18,25,35,45H,5-6,11-15,19-24H2,1-2H3,(H,52,53)/t25-,35+/m1/s1. The number of ether oxygens (including phenoxy) is 2. The van der Waals surface area contributed by atoms with Gasteiger partial charge >= 0.3 is 5.97 Å². The first-order valence-corrected chi connectivity index (χ1v) is 19.9. The Balaban J connectivity index is 0.941. The van der Waals surface area contributed by atoms with Crippen molar-refractivity contribution in [2.75, 3.05) is 46.4 Å². The first-order chi connectivity index (χ1) is 26.7. The van der Waals surface area contributed by atoms with Gasteiger partial charge in [-0.2, -0.15) is 4.98 Å². The van der Waals surface area contributed by atoms with Crippen LogP contribution in [-0.4, -0.2) is 86.8 Å². The highest BCUT2D eigenvalue weighted by molar-refractivity contribution is 6.36.